The normalized spacial score (nSPS) is 17.3. The van der Waals surface area contributed by atoms with Crippen molar-refractivity contribution in [1.82, 2.24) is 5.32 Å². The fourth-order valence-corrected chi connectivity index (χ4v) is 5.09. The van der Waals surface area contributed by atoms with E-state index < -0.39 is 26.9 Å². The first kappa shape index (κ1) is 19.5. The lowest BCUT2D eigenvalue weighted by molar-refractivity contribution is -0.274. The van der Waals surface area contributed by atoms with E-state index in [-0.39, 0.29) is 5.69 Å². The van der Waals surface area contributed by atoms with E-state index in [1.54, 1.807) is 24.3 Å². The van der Waals surface area contributed by atoms with Crippen molar-refractivity contribution in [3.63, 3.8) is 0 Å². The molecule has 0 bridgehead atoms. The molecule has 146 valence electrons. The molecule has 0 aromatic heterocycles. The number of hydrogen-bond donors (Lipinski definition) is 2. The van der Waals surface area contributed by atoms with Gasteiger partial charge in [0.15, 0.2) is 0 Å². The van der Waals surface area contributed by atoms with Crippen molar-refractivity contribution in [2.45, 2.75) is 24.0 Å². The number of hydrogen-bond acceptors (Lipinski definition) is 4. The second-order valence-corrected chi connectivity index (χ2v) is 8.28. The number of nitrogens with one attached hydrogen (secondary N) is 2. The van der Waals surface area contributed by atoms with Gasteiger partial charge in [-0.05, 0) is 55.8 Å². The summed E-state index contributed by atoms with van der Waals surface area (Å²) in [4.78, 5) is 0. The molecule has 2 N–H and O–H groups in total. The molecule has 0 amide bonds. The van der Waals surface area contributed by atoms with Gasteiger partial charge in [0.05, 0.1) is 0 Å². The molecular formula is C18H19F3N2O3S. The Morgan fingerprint density at radius 3 is 2.11 bits per heavy atom. The Morgan fingerprint density at radius 1 is 0.963 bits per heavy atom. The number of rotatable bonds is 5. The van der Waals surface area contributed by atoms with Gasteiger partial charge in [0.1, 0.15) is 10.5 Å². The molecule has 0 radical (unpaired) electrons. The molecule has 3 rings (SSSR count). The molecule has 2 aromatic carbocycles. The van der Waals surface area contributed by atoms with E-state index in [1.807, 2.05) is 6.07 Å². The van der Waals surface area contributed by atoms with Gasteiger partial charge in [-0.2, -0.15) is 0 Å². The number of halogens is 3. The summed E-state index contributed by atoms with van der Waals surface area (Å²) in [5, 5.41) is 3.16. The number of sulfonamides is 1. The molecule has 1 fully saturated rings. The molecule has 0 unspecified atom stereocenters. The van der Waals surface area contributed by atoms with Crippen molar-refractivity contribution in [1.29, 1.82) is 0 Å². The van der Waals surface area contributed by atoms with Crippen molar-refractivity contribution < 1.29 is 26.3 Å². The summed E-state index contributed by atoms with van der Waals surface area (Å²) >= 11 is 0. The van der Waals surface area contributed by atoms with E-state index in [9.17, 15) is 21.6 Å². The average Bonchev–Trinajstić information content (AvgIpc) is 2.63. The maximum Gasteiger partial charge on any atom is 0.573 e. The molecule has 5 nitrogen and oxygen atoms in total. The highest BCUT2D eigenvalue weighted by atomic mass is 32.2. The smallest absolute Gasteiger partial charge is 0.406 e. The van der Waals surface area contributed by atoms with Gasteiger partial charge in [-0.3, -0.25) is 4.72 Å². The largest absolute Gasteiger partial charge is 0.573 e. The molecule has 1 saturated heterocycles. The molecular weight excluding hydrogens is 381 g/mol. The van der Waals surface area contributed by atoms with Crippen LogP contribution in [0.5, 0.6) is 5.75 Å². The predicted molar refractivity (Wildman–Crippen MR) is 95.9 cm³/mol. The Morgan fingerprint density at radius 2 is 1.56 bits per heavy atom. The van der Waals surface area contributed by atoms with Gasteiger partial charge in [-0.1, -0.05) is 30.3 Å². The van der Waals surface area contributed by atoms with Crippen LogP contribution in [0.1, 0.15) is 18.4 Å². The molecule has 1 aliphatic rings. The summed E-state index contributed by atoms with van der Waals surface area (Å²) in [7, 11) is -3.85. The zero-order valence-corrected chi connectivity index (χ0v) is 15.1. The lowest BCUT2D eigenvalue weighted by Crippen LogP contribution is -2.47. The lowest BCUT2D eigenvalue weighted by Gasteiger charge is -2.37. The fraction of sp³-hybridized carbons (Fsp3) is 0.333. The van der Waals surface area contributed by atoms with Gasteiger partial charge in [0.25, 0.3) is 0 Å². The summed E-state index contributed by atoms with van der Waals surface area (Å²) in [6.45, 7) is 1.10. The number of alkyl halides is 3. The summed E-state index contributed by atoms with van der Waals surface area (Å²) < 4.78 is 68.5. The van der Waals surface area contributed by atoms with E-state index in [4.69, 9.17) is 0 Å². The van der Waals surface area contributed by atoms with Crippen LogP contribution in [0.25, 0.3) is 0 Å². The highest BCUT2D eigenvalue weighted by Crippen LogP contribution is 2.40. The maximum atomic E-state index is 13.2. The SMILES string of the molecule is O=S(=O)(Nc1ccc(OC(F)(F)F)cc1)C1(c2ccccc2)CCNCC1. The monoisotopic (exact) mass is 400 g/mol. The van der Waals surface area contributed by atoms with Crippen LogP contribution in [0.15, 0.2) is 54.6 Å². The second-order valence-electron chi connectivity index (χ2n) is 6.29. The van der Waals surface area contributed by atoms with Gasteiger partial charge in [0.2, 0.25) is 10.0 Å². The van der Waals surface area contributed by atoms with Crippen LogP contribution >= 0.6 is 0 Å². The van der Waals surface area contributed by atoms with Crippen molar-refractivity contribution in [2.75, 3.05) is 17.8 Å². The van der Waals surface area contributed by atoms with E-state index in [0.29, 0.717) is 31.5 Å². The van der Waals surface area contributed by atoms with E-state index in [1.165, 1.54) is 12.1 Å². The van der Waals surface area contributed by atoms with Crippen LogP contribution < -0.4 is 14.8 Å². The van der Waals surface area contributed by atoms with E-state index >= 15 is 0 Å². The van der Waals surface area contributed by atoms with Crippen molar-refractivity contribution in [3.05, 3.63) is 60.2 Å². The summed E-state index contributed by atoms with van der Waals surface area (Å²) in [6, 6.07) is 13.6. The van der Waals surface area contributed by atoms with Crippen molar-refractivity contribution >= 4 is 15.7 Å². The van der Waals surface area contributed by atoms with Crippen LogP contribution in [0.4, 0.5) is 18.9 Å². The van der Waals surface area contributed by atoms with Crippen LogP contribution in [0.3, 0.4) is 0 Å². The standard InChI is InChI=1S/C18H19F3N2O3S/c19-18(20,21)26-16-8-6-15(7-9-16)23-27(24,25)17(10-12-22-13-11-17)14-4-2-1-3-5-14/h1-9,22-23H,10-13H2. The first-order valence-corrected chi connectivity index (χ1v) is 9.85. The number of benzene rings is 2. The van der Waals surface area contributed by atoms with E-state index in [0.717, 1.165) is 12.1 Å². The maximum absolute atomic E-state index is 13.2. The van der Waals surface area contributed by atoms with Crippen LogP contribution in [0, 0.1) is 0 Å². The molecule has 1 aliphatic heterocycles. The van der Waals surface area contributed by atoms with Gasteiger partial charge in [-0.15, -0.1) is 13.2 Å². The lowest BCUT2D eigenvalue weighted by atomic mass is 9.89. The van der Waals surface area contributed by atoms with Gasteiger partial charge < -0.3 is 10.1 Å². The topological polar surface area (TPSA) is 67.4 Å². The molecule has 0 aliphatic carbocycles. The van der Waals surface area contributed by atoms with Crippen LogP contribution in [0.2, 0.25) is 0 Å². The molecule has 27 heavy (non-hydrogen) atoms. The third-order valence-corrected chi connectivity index (χ3v) is 6.74. The van der Waals surface area contributed by atoms with Gasteiger partial charge in [-0.25, -0.2) is 8.42 Å². The summed E-state index contributed by atoms with van der Waals surface area (Å²) in [5.41, 5.74) is 0.870. The Balaban J connectivity index is 1.87. The van der Waals surface area contributed by atoms with Crippen LogP contribution in [-0.2, 0) is 14.8 Å². The first-order valence-electron chi connectivity index (χ1n) is 8.36. The summed E-state index contributed by atoms with van der Waals surface area (Å²) in [6.07, 6.45) is -4.02. The summed E-state index contributed by atoms with van der Waals surface area (Å²) in [5.74, 6) is -0.412. The highest BCUT2D eigenvalue weighted by Gasteiger charge is 2.46. The van der Waals surface area contributed by atoms with Crippen molar-refractivity contribution in [2.24, 2.45) is 0 Å². The third kappa shape index (κ3) is 4.36. The molecule has 0 spiro atoms. The average molecular weight is 400 g/mol. The minimum Gasteiger partial charge on any atom is -0.406 e. The Hall–Kier alpha value is -2.26. The third-order valence-electron chi connectivity index (χ3n) is 4.57. The molecule has 2 aromatic rings. The Labute approximate surface area is 155 Å². The molecule has 1 heterocycles. The predicted octanol–water partition coefficient (Wildman–Crippen LogP) is 3.61. The zero-order valence-electron chi connectivity index (χ0n) is 14.3. The minimum absolute atomic E-state index is 0.179. The first-order chi connectivity index (χ1) is 12.7. The number of piperidine rings is 1. The Bertz CT molecular complexity index is 863. The Kier molecular flexibility index (Phi) is 5.34. The minimum atomic E-state index is -4.80. The van der Waals surface area contributed by atoms with E-state index in [2.05, 4.69) is 14.8 Å². The number of ether oxygens (including phenoxy) is 1. The quantitative estimate of drug-likeness (QED) is 0.805. The van der Waals surface area contributed by atoms with Gasteiger partial charge >= 0.3 is 6.36 Å². The zero-order chi connectivity index (χ0) is 19.5. The fourth-order valence-electron chi connectivity index (χ4n) is 3.26. The highest BCUT2D eigenvalue weighted by molar-refractivity contribution is 7.93. The van der Waals surface area contributed by atoms with Crippen molar-refractivity contribution in [3.8, 4) is 5.75 Å². The molecule has 9 heteroatoms. The second kappa shape index (κ2) is 7.40. The van der Waals surface area contributed by atoms with Gasteiger partial charge in [0, 0.05) is 5.69 Å². The number of anilines is 1. The molecule has 0 atom stereocenters. The molecule has 0 saturated carbocycles. The van der Waals surface area contributed by atoms with Crippen LogP contribution in [-0.4, -0.2) is 27.9 Å².